The van der Waals surface area contributed by atoms with Gasteiger partial charge in [-0.15, -0.1) is 0 Å². The monoisotopic (exact) mass is 386 g/mol. The maximum Gasteiger partial charge on any atom is 0.331 e. The van der Waals surface area contributed by atoms with Gasteiger partial charge in [0.05, 0.1) is 12.2 Å². The van der Waals surface area contributed by atoms with Crippen LogP contribution < -0.4 is 15.6 Å². The first-order chi connectivity index (χ1) is 13.5. The van der Waals surface area contributed by atoms with E-state index in [9.17, 15) is 18.8 Å². The fourth-order valence-electron chi connectivity index (χ4n) is 2.12. The van der Waals surface area contributed by atoms with Gasteiger partial charge in [0.25, 0.3) is 11.8 Å². The van der Waals surface area contributed by atoms with Crippen LogP contribution in [-0.2, 0) is 14.3 Å². The molecule has 0 aromatic heterocycles. The lowest BCUT2D eigenvalue weighted by Gasteiger charge is -2.08. The number of carbonyl (C=O) groups is 3. The lowest BCUT2D eigenvalue weighted by Crippen LogP contribution is -2.43. The normalized spacial score (nSPS) is 10.4. The number of para-hydroxylation sites is 1. The zero-order chi connectivity index (χ0) is 20.4. The van der Waals surface area contributed by atoms with Crippen LogP contribution in [0.5, 0.6) is 5.75 Å². The summed E-state index contributed by atoms with van der Waals surface area (Å²) in [5.74, 6) is -2.46. The topological polar surface area (TPSA) is 93.7 Å². The van der Waals surface area contributed by atoms with E-state index in [1.165, 1.54) is 24.3 Å². The summed E-state index contributed by atoms with van der Waals surface area (Å²) in [5.41, 5.74) is 4.53. The Morgan fingerprint density at radius 1 is 1.04 bits per heavy atom. The van der Waals surface area contributed by atoms with E-state index < -0.39 is 30.2 Å². The number of esters is 1. The van der Waals surface area contributed by atoms with Crippen molar-refractivity contribution in [1.29, 1.82) is 0 Å². The minimum absolute atomic E-state index is 0.226. The number of amides is 2. The van der Waals surface area contributed by atoms with Crippen molar-refractivity contribution in [2.24, 2.45) is 0 Å². The summed E-state index contributed by atoms with van der Waals surface area (Å²) in [6, 6.07) is 12.4. The van der Waals surface area contributed by atoms with E-state index in [4.69, 9.17) is 9.47 Å². The van der Waals surface area contributed by atoms with E-state index in [2.05, 4.69) is 0 Å². The molecule has 2 rings (SSSR count). The zero-order valence-corrected chi connectivity index (χ0v) is 15.1. The lowest BCUT2D eigenvalue weighted by molar-refractivity contribution is -0.144. The predicted molar refractivity (Wildman–Crippen MR) is 99.6 cm³/mol. The molecule has 2 aromatic rings. The van der Waals surface area contributed by atoms with Crippen molar-refractivity contribution < 1.29 is 28.2 Å². The summed E-state index contributed by atoms with van der Waals surface area (Å²) in [4.78, 5) is 35.1. The third-order valence-corrected chi connectivity index (χ3v) is 3.40. The van der Waals surface area contributed by atoms with Crippen LogP contribution in [0.4, 0.5) is 4.39 Å². The Bertz CT molecular complexity index is 882. The summed E-state index contributed by atoms with van der Waals surface area (Å²) >= 11 is 0. The fourth-order valence-corrected chi connectivity index (χ4v) is 2.12. The number of rotatable bonds is 7. The van der Waals surface area contributed by atoms with Crippen LogP contribution >= 0.6 is 0 Å². The molecule has 0 saturated carbocycles. The molecule has 8 heteroatoms. The third kappa shape index (κ3) is 6.24. The quantitative estimate of drug-likeness (QED) is 0.432. The van der Waals surface area contributed by atoms with Gasteiger partial charge in [-0.25, -0.2) is 9.18 Å². The minimum Gasteiger partial charge on any atom is -0.493 e. The number of hydrogen-bond donors (Lipinski definition) is 2. The molecule has 28 heavy (non-hydrogen) atoms. The number of carbonyl (C=O) groups excluding carboxylic acids is 3. The first-order valence-corrected chi connectivity index (χ1v) is 8.41. The van der Waals surface area contributed by atoms with Crippen LogP contribution in [0.25, 0.3) is 6.08 Å². The van der Waals surface area contributed by atoms with Gasteiger partial charge in [0, 0.05) is 11.6 Å². The molecular weight excluding hydrogens is 367 g/mol. The molecule has 2 aromatic carbocycles. The number of benzene rings is 2. The maximum atomic E-state index is 13.5. The molecule has 0 aliphatic heterocycles. The molecule has 0 aliphatic rings. The van der Waals surface area contributed by atoms with E-state index in [1.807, 2.05) is 17.8 Å². The average Bonchev–Trinajstić information content (AvgIpc) is 2.70. The molecule has 0 heterocycles. The maximum absolute atomic E-state index is 13.5. The molecule has 2 N–H and O–H groups in total. The predicted octanol–water partition coefficient (Wildman–Crippen LogP) is 2.24. The molecule has 2 amide bonds. The van der Waals surface area contributed by atoms with Crippen molar-refractivity contribution in [2.75, 3.05) is 13.2 Å². The highest BCUT2D eigenvalue weighted by molar-refractivity contribution is 5.96. The molecule has 0 radical (unpaired) electrons. The molecule has 0 unspecified atom stereocenters. The van der Waals surface area contributed by atoms with Crippen LogP contribution in [-0.4, -0.2) is 31.0 Å². The van der Waals surface area contributed by atoms with Gasteiger partial charge in [0.2, 0.25) is 0 Å². The van der Waals surface area contributed by atoms with Crippen LogP contribution in [0.2, 0.25) is 0 Å². The Balaban J connectivity index is 1.79. The van der Waals surface area contributed by atoms with Crippen LogP contribution in [0.15, 0.2) is 54.6 Å². The van der Waals surface area contributed by atoms with Gasteiger partial charge < -0.3 is 9.47 Å². The van der Waals surface area contributed by atoms with Crippen LogP contribution in [0, 0.1) is 5.82 Å². The summed E-state index contributed by atoms with van der Waals surface area (Å²) in [5, 5.41) is 0. The zero-order valence-electron chi connectivity index (χ0n) is 15.1. The number of hydrazine groups is 1. The molecule has 0 aliphatic carbocycles. The molecule has 0 saturated heterocycles. The van der Waals surface area contributed by atoms with Crippen LogP contribution in [0.1, 0.15) is 22.8 Å². The highest BCUT2D eigenvalue weighted by atomic mass is 19.1. The summed E-state index contributed by atoms with van der Waals surface area (Å²) in [7, 11) is 0. The number of nitrogens with one attached hydrogen (secondary N) is 2. The molecule has 0 fully saturated rings. The van der Waals surface area contributed by atoms with Gasteiger partial charge in [0.15, 0.2) is 6.61 Å². The molecule has 0 spiro atoms. The minimum atomic E-state index is -0.829. The second kappa shape index (κ2) is 10.5. The fraction of sp³-hybridized carbons (Fsp3) is 0.150. The van der Waals surface area contributed by atoms with Crippen molar-refractivity contribution in [3.63, 3.8) is 0 Å². The van der Waals surface area contributed by atoms with Crippen molar-refractivity contribution in [3.8, 4) is 5.75 Å². The molecular formula is C20H19FN2O5. The van der Waals surface area contributed by atoms with Gasteiger partial charge in [-0.3, -0.25) is 20.4 Å². The lowest BCUT2D eigenvalue weighted by atomic mass is 10.2. The highest BCUT2D eigenvalue weighted by Gasteiger charge is 2.12. The average molecular weight is 386 g/mol. The number of ether oxygens (including phenoxy) is 2. The molecule has 7 nitrogen and oxygen atoms in total. The summed E-state index contributed by atoms with van der Waals surface area (Å²) in [6.07, 6.45) is 2.66. The number of hydrogen-bond acceptors (Lipinski definition) is 5. The van der Waals surface area contributed by atoms with Gasteiger partial charge in [-0.05, 0) is 31.2 Å². The van der Waals surface area contributed by atoms with Crippen molar-refractivity contribution in [2.45, 2.75) is 6.92 Å². The third-order valence-electron chi connectivity index (χ3n) is 3.40. The van der Waals surface area contributed by atoms with E-state index in [0.29, 0.717) is 17.9 Å². The molecule has 0 bridgehead atoms. The Kier molecular flexibility index (Phi) is 7.71. The number of halogens is 1. The van der Waals surface area contributed by atoms with E-state index in [1.54, 1.807) is 24.3 Å². The van der Waals surface area contributed by atoms with E-state index in [0.717, 1.165) is 12.1 Å². The molecule has 0 atom stereocenters. The van der Waals surface area contributed by atoms with Crippen molar-refractivity contribution in [3.05, 3.63) is 71.6 Å². The second-order valence-corrected chi connectivity index (χ2v) is 5.39. The van der Waals surface area contributed by atoms with Crippen molar-refractivity contribution >= 4 is 23.9 Å². The summed E-state index contributed by atoms with van der Waals surface area (Å²) < 4.78 is 23.7. The van der Waals surface area contributed by atoms with Gasteiger partial charge >= 0.3 is 5.97 Å². The second-order valence-electron chi connectivity index (χ2n) is 5.39. The Hall–Kier alpha value is -3.68. The Morgan fingerprint density at radius 3 is 2.50 bits per heavy atom. The standard InChI is InChI=1S/C20H19FN2O5/c1-2-27-17-10-6-3-7-14(17)11-12-19(25)28-13-18(24)22-23-20(26)15-8-4-5-9-16(15)21/h3-12H,2,13H2,1H3,(H,22,24)(H,23,26)/b12-11+. The van der Waals surface area contributed by atoms with Crippen LogP contribution in [0.3, 0.4) is 0 Å². The van der Waals surface area contributed by atoms with Gasteiger partial charge in [-0.1, -0.05) is 30.3 Å². The van der Waals surface area contributed by atoms with Gasteiger partial charge in [-0.2, -0.15) is 0 Å². The Morgan fingerprint density at radius 2 is 1.75 bits per heavy atom. The summed E-state index contributed by atoms with van der Waals surface area (Å²) in [6.45, 7) is 1.71. The first kappa shape index (κ1) is 20.6. The van der Waals surface area contributed by atoms with E-state index >= 15 is 0 Å². The first-order valence-electron chi connectivity index (χ1n) is 8.41. The molecule has 146 valence electrons. The van der Waals surface area contributed by atoms with Crippen molar-refractivity contribution in [1.82, 2.24) is 10.9 Å². The SMILES string of the molecule is CCOc1ccccc1/C=C/C(=O)OCC(=O)NNC(=O)c1ccccc1F. The smallest absolute Gasteiger partial charge is 0.331 e. The highest BCUT2D eigenvalue weighted by Crippen LogP contribution is 2.19. The Labute approximate surface area is 161 Å². The largest absolute Gasteiger partial charge is 0.493 e. The van der Waals surface area contributed by atoms with E-state index in [-0.39, 0.29) is 5.56 Å². The van der Waals surface area contributed by atoms with Gasteiger partial charge in [0.1, 0.15) is 11.6 Å².